The van der Waals surface area contributed by atoms with Crippen LogP contribution in [0.15, 0.2) is 48.5 Å². The third-order valence-corrected chi connectivity index (χ3v) is 7.88. The zero-order chi connectivity index (χ0) is 20.7. The molecule has 2 aliphatic heterocycles. The van der Waals surface area contributed by atoms with Crippen LogP contribution in [0.25, 0.3) is 21.8 Å². The SMILES string of the molecule is CC1(C)CNC(N2CCN(CC(O)Cn3c4ccccc4c4ccccc43)CC2)S1. The number of rotatable bonds is 5. The van der Waals surface area contributed by atoms with Crippen molar-refractivity contribution < 1.29 is 5.11 Å². The predicted molar refractivity (Wildman–Crippen MR) is 127 cm³/mol. The molecule has 30 heavy (non-hydrogen) atoms. The summed E-state index contributed by atoms with van der Waals surface area (Å²) in [7, 11) is 0. The Hall–Kier alpha value is -1.57. The first kappa shape index (κ1) is 20.3. The van der Waals surface area contributed by atoms with Gasteiger partial charge in [-0.3, -0.25) is 15.1 Å². The average Bonchev–Trinajstić information content (AvgIpc) is 3.27. The van der Waals surface area contributed by atoms with Crippen LogP contribution in [0.2, 0.25) is 0 Å². The van der Waals surface area contributed by atoms with Crippen LogP contribution in [0.1, 0.15) is 13.8 Å². The summed E-state index contributed by atoms with van der Waals surface area (Å²) in [6, 6.07) is 17.0. The molecule has 5 nitrogen and oxygen atoms in total. The maximum Gasteiger partial charge on any atom is 0.109 e. The first-order valence-electron chi connectivity index (χ1n) is 11.0. The Morgan fingerprint density at radius 3 is 2.13 bits per heavy atom. The second-order valence-corrected chi connectivity index (χ2v) is 11.0. The lowest BCUT2D eigenvalue weighted by Crippen LogP contribution is -2.53. The van der Waals surface area contributed by atoms with Crippen LogP contribution < -0.4 is 5.32 Å². The third kappa shape index (κ3) is 3.99. The fourth-order valence-corrected chi connectivity index (χ4v) is 6.17. The number of β-amino-alcohol motifs (C(OH)–C–C–N with tert-alkyl or cyclic N) is 1. The van der Waals surface area contributed by atoms with Gasteiger partial charge in [-0.25, -0.2) is 0 Å². The van der Waals surface area contributed by atoms with E-state index < -0.39 is 0 Å². The normalized spacial score (nSPS) is 24.0. The molecule has 5 rings (SSSR count). The molecule has 2 unspecified atom stereocenters. The highest BCUT2D eigenvalue weighted by Gasteiger charge is 2.35. The van der Waals surface area contributed by atoms with Crippen LogP contribution in [0.4, 0.5) is 0 Å². The van der Waals surface area contributed by atoms with Gasteiger partial charge in [-0.15, -0.1) is 11.8 Å². The number of hydrogen-bond acceptors (Lipinski definition) is 5. The van der Waals surface area contributed by atoms with Crippen molar-refractivity contribution in [1.29, 1.82) is 0 Å². The number of para-hydroxylation sites is 2. The van der Waals surface area contributed by atoms with E-state index in [0.29, 0.717) is 16.8 Å². The first-order valence-corrected chi connectivity index (χ1v) is 11.9. The topological polar surface area (TPSA) is 43.7 Å². The van der Waals surface area contributed by atoms with Crippen molar-refractivity contribution in [1.82, 2.24) is 19.7 Å². The summed E-state index contributed by atoms with van der Waals surface area (Å²) in [6.07, 6.45) is -0.381. The van der Waals surface area contributed by atoms with Gasteiger partial charge in [0.15, 0.2) is 0 Å². The Bertz CT molecular complexity index is 971. The van der Waals surface area contributed by atoms with Gasteiger partial charge in [-0.1, -0.05) is 36.4 Å². The number of nitrogens with zero attached hydrogens (tertiary/aromatic N) is 3. The number of piperazine rings is 1. The quantitative estimate of drug-likeness (QED) is 0.659. The molecule has 1 aromatic heterocycles. The molecule has 2 atom stereocenters. The number of hydrogen-bond donors (Lipinski definition) is 2. The molecule has 0 bridgehead atoms. The van der Waals surface area contributed by atoms with E-state index in [1.54, 1.807) is 0 Å². The van der Waals surface area contributed by atoms with Crippen molar-refractivity contribution in [2.45, 2.75) is 36.7 Å². The van der Waals surface area contributed by atoms with Crippen LogP contribution in [0.5, 0.6) is 0 Å². The highest BCUT2D eigenvalue weighted by molar-refractivity contribution is 8.01. The van der Waals surface area contributed by atoms with Crippen molar-refractivity contribution in [3.8, 4) is 0 Å². The van der Waals surface area contributed by atoms with Crippen LogP contribution in [-0.4, -0.2) is 75.1 Å². The Morgan fingerprint density at radius 2 is 1.57 bits per heavy atom. The summed E-state index contributed by atoms with van der Waals surface area (Å²) in [6.45, 7) is 11.2. The van der Waals surface area contributed by atoms with Crippen LogP contribution in [-0.2, 0) is 6.54 Å². The molecule has 0 aliphatic carbocycles. The Labute approximate surface area is 183 Å². The second-order valence-electron chi connectivity index (χ2n) is 9.25. The lowest BCUT2D eigenvalue weighted by atomic mass is 10.2. The lowest BCUT2D eigenvalue weighted by molar-refractivity contribution is 0.0598. The predicted octanol–water partition coefficient (Wildman–Crippen LogP) is 3.17. The molecule has 160 valence electrons. The summed E-state index contributed by atoms with van der Waals surface area (Å²) in [5, 5.41) is 17.1. The lowest BCUT2D eigenvalue weighted by Gasteiger charge is -2.38. The summed E-state index contributed by atoms with van der Waals surface area (Å²) >= 11 is 2.04. The zero-order valence-electron chi connectivity index (χ0n) is 17.9. The van der Waals surface area contributed by atoms with E-state index >= 15 is 0 Å². The van der Waals surface area contributed by atoms with Gasteiger partial charge in [0.1, 0.15) is 5.50 Å². The molecular weight excluding hydrogens is 392 g/mol. The molecule has 3 heterocycles. The van der Waals surface area contributed by atoms with E-state index in [1.807, 2.05) is 11.8 Å². The minimum absolute atomic E-state index is 0.320. The van der Waals surface area contributed by atoms with E-state index in [-0.39, 0.29) is 6.10 Å². The number of aliphatic hydroxyl groups excluding tert-OH is 1. The second kappa shape index (κ2) is 8.17. The van der Waals surface area contributed by atoms with Gasteiger partial charge in [0, 0.05) is 65.8 Å². The molecule has 2 saturated heterocycles. The third-order valence-electron chi connectivity index (χ3n) is 6.41. The van der Waals surface area contributed by atoms with Crippen LogP contribution in [0, 0.1) is 0 Å². The van der Waals surface area contributed by atoms with Gasteiger partial charge in [-0.2, -0.15) is 0 Å². The van der Waals surface area contributed by atoms with Gasteiger partial charge in [0.25, 0.3) is 0 Å². The van der Waals surface area contributed by atoms with Crippen molar-refractivity contribution in [3.05, 3.63) is 48.5 Å². The van der Waals surface area contributed by atoms with Gasteiger partial charge < -0.3 is 9.67 Å². The van der Waals surface area contributed by atoms with E-state index in [1.165, 1.54) is 21.8 Å². The molecule has 2 aliphatic rings. The van der Waals surface area contributed by atoms with E-state index in [9.17, 15) is 5.11 Å². The Kier molecular flexibility index (Phi) is 5.54. The van der Waals surface area contributed by atoms with Crippen molar-refractivity contribution in [2.24, 2.45) is 0 Å². The van der Waals surface area contributed by atoms with Gasteiger partial charge in [0.2, 0.25) is 0 Å². The number of aromatic nitrogens is 1. The van der Waals surface area contributed by atoms with E-state index in [2.05, 4.69) is 82.1 Å². The van der Waals surface area contributed by atoms with Crippen molar-refractivity contribution in [2.75, 3.05) is 39.3 Å². The Morgan fingerprint density at radius 1 is 0.967 bits per heavy atom. The molecule has 0 amide bonds. The molecular formula is C24H32N4OS. The average molecular weight is 425 g/mol. The number of nitrogens with one attached hydrogen (secondary N) is 1. The van der Waals surface area contributed by atoms with Gasteiger partial charge in [0.05, 0.1) is 12.6 Å². The number of thioether (sulfide) groups is 1. The fraction of sp³-hybridized carbons (Fsp3) is 0.500. The number of aliphatic hydroxyl groups is 1. The first-order chi connectivity index (χ1) is 14.5. The molecule has 2 fully saturated rings. The molecule has 2 aromatic carbocycles. The minimum atomic E-state index is -0.381. The molecule has 3 aromatic rings. The zero-order valence-corrected chi connectivity index (χ0v) is 18.7. The summed E-state index contributed by atoms with van der Waals surface area (Å²) in [5.41, 5.74) is 2.84. The van der Waals surface area contributed by atoms with Gasteiger partial charge >= 0.3 is 0 Å². The van der Waals surface area contributed by atoms with Crippen LogP contribution >= 0.6 is 11.8 Å². The monoisotopic (exact) mass is 424 g/mol. The fourth-order valence-electron chi connectivity index (χ4n) is 4.87. The Balaban J connectivity index is 1.23. The van der Waals surface area contributed by atoms with E-state index in [4.69, 9.17) is 0 Å². The summed E-state index contributed by atoms with van der Waals surface area (Å²) < 4.78 is 2.60. The molecule has 0 saturated carbocycles. The number of fused-ring (bicyclic) bond motifs is 3. The highest BCUT2D eigenvalue weighted by Crippen LogP contribution is 2.34. The van der Waals surface area contributed by atoms with Crippen LogP contribution in [0.3, 0.4) is 0 Å². The standard InChI is InChI=1S/C24H32N4OS/c1-24(2)17-25-23(30-24)27-13-11-26(12-14-27)15-18(29)16-28-21-9-5-3-7-19(21)20-8-4-6-10-22(20)28/h3-10,18,23,25,29H,11-17H2,1-2H3. The van der Waals surface area contributed by atoms with Gasteiger partial charge in [-0.05, 0) is 26.0 Å². The molecule has 0 spiro atoms. The summed E-state index contributed by atoms with van der Waals surface area (Å²) in [4.78, 5) is 4.97. The largest absolute Gasteiger partial charge is 0.390 e. The van der Waals surface area contributed by atoms with Crippen molar-refractivity contribution >= 4 is 33.6 Å². The number of benzene rings is 2. The smallest absolute Gasteiger partial charge is 0.109 e. The minimum Gasteiger partial charge on any atom is -0.390 e. The van der Waals surface area contributed by atoms with Crippen molar-refractivity contribution in [3.63, 3.8) is 0 Å². The molecule has 0 radical (unpaired) electrons. The molecule has 6 heteroatoms. The highest BCUT2D eigenvalue weighted by atomic mass is 32.2. The molecule has 2 N–H and O–H groups in total. The van der Waals surface area contributed by atoms with E-state index in [0.717, 1.165) is 39.3 Å². The summed E-state index contributed by atoms with van der Waals surface area (Å²) in [5.74, 6) is 0. The maximum absolute atomic E-state index is 10.9. The maximum atomic E-state index is 10.9.